The molecule has 1 amide bonds. The highest BCUT2D eigenvalue weighted by atomic mass is 79.9. The van der Waals surface area contributed by atoms with E-state index in [1.807, 2.05) is 24.3 Å². The molecule has 1 aromatic carbocycles. The first-order valence-electron chi connectivity index (χ1n) is 7.85. The van der Waals surface area contributed by atoms with Gasteiger partial charge >= 0.3 is 5.97 Å². The Morgan fingerprint density at radius 3 is 2.68 bits per heavy atom. The summed E-state index contributed by atoms with van der Waals surface area (Å²) in [4.78, 5) is 24.9. The Hall–Kier alpha value is -1.36. The van der Waals surface area contributed by atoms with Gasteiger partial charge in [-0.15, -0.1) is 0 Å². The quantitative estimate of drug-likeness (QED) is 0.628. The largest absolute Gasteiger partial charge is 0.465 e. The summed E-state index contributed by atoms with van der Waals surface area (Å²) in [5.74, 6) is -1.29. The van der Waals surface area contributed by atoms with Gasteiger partial charge in [-0.25, -0.2) is 0 Å². The molecule has 1 aliphatic carbocycles. The van der Waals surface area contributed by atoms with Gasteiger partial charge in [-0.3, -0.25) is 9.59 Å². The van der Waals surface area contributed by atoms with Gasteiger partial charge in [0, 0.05) is 10.2 Å². The number of anilines is 1. The molecular weight excluding hydrogens is 346 g/mol. The number of nitrogens with one attached hydrogen (secondary N) is 1. The number of rotatable bonds is 5. The van der Waals surface area contributed by atoms with Crippen molar-refractivity contribution < 1.29 is 14.3 Å². The lowest BCUT2D eigenvalue weighted by molar-refractivity contribution is -0.153. The van der Waals surface area contributed by atoms with Gasteiger partial charge in [0.05, 0.1) is 6.61 Å². The van der Waals surface area contributed by atoms with Gasteiger partial charge in [-0.1, -0.05) is 41.3 Å². The van der Waals surface area contributed by atoms with Crippen molar-refractivity contribution >= 4 is 33.5 Å². The van der Waals surface area contributed by atoms with Crippen LogP contribution in [-0.4, -0.2) is 18.5 Å². The zero-order valence-electron chi connectivity index (χ0n) is 12.8. The minimum absolute atomic E-state index is 0.0833. The van der Waals surface area contributed by atoms with Crippen molar-refractivity contribution in [1.82, 2.24) is 0 Å². The third kappa shape index (κ3) is 4.57. The number of carbonyl (C=O) groups excluding carboxylic acids is 2. The van der Waals surface area contributed by atoms with Crippen LogP contribution >= 0.6 is 15.9 Å². The predicted molar refractivity (Wildman–Crippen MR) is 89.5 cm³/mol. The van der Waals surface area contributed by atoms with Crippen LogP contribution in [0.5, 0.6) is 0 Å². The van der Waals surface area contributed by atoms with Gasteiger partial charge < -0.3 is 10.1 Å². The smallest absolute Gasteiger partial charge is 0.318 e. The number of halogens is 1. The van der Waals surface area contributed by atoms with Gasteiger partial charge in [0.1, 0.15) is 5.92 Å². The number of esters is 1. The van der Waals surface area contributed by atoms with Crippen molar-refractivity contribution in [1.29, 1.82) is 0 Å². The van der Waals surface area contributed by atoms with E-state index in [0.29, 0.717) is 12.3 Å². The van der Waals surface area contributed by atoms with Crippen molar-refractivity contribution in [2.24, 2.45) is 11.8 Å². The van der Waals surface area contributed by atoms with E-state index >= 15 is 0 Å². The molecular formula is C17H22BrNO3. The molecule has 0 aromatic heterocycles. The molecule has 1 atom stereocenters. The highest BCUT2D eigenvalue weighted by Gasteiger charge is 2.36. The second-order valence-electron chi connectivity index (χ2n) is 5.63. The summed E-state index contributed by atoms with van der Waals surface area (Å²) in [6.45, 7) is 2.06. The summed E-state index contributed by atoms with van der Waals surface area (Å²) >= 11 is 3.38. The van der Waals surface area contributed by atoms with Crippen LogP contribution in [0, 0.1) is 11.8 Å². The van der Waals surface area contributed by atoms with Crippen LogP contribution in [0.15, 0.2) is 28.7 Å². The fourth-order valence-corrected chi connectivity index (χ4v) is 3.40. The maximum Gasteiger partial charge on any atom is 0.318 e. The SMILES string of the molecule is CCOC(=O)[C@@H](C(=O)Nc1cccc(Br)c1)C1CCCCC1. The molecule has 0 unspecified atom stereocenters. The summed E-state index contributed by atoms with van der Waals surface area (Å²) in [5.41, 5.74) is 0.685. The molecule has 1 aliphatic rings. The summed E-state index contributed by atoms with van der Waals surface area (Å²) in [6.07, 6.45) is 5.15. The Balaban J connectivity index is 2.12. The molecule has 0 heterocycles. The molecule has 5 heteroatoms. The number of hydrogen-bond acceptors (Lipinski definition) is 3. The van der Waals surface area contributed by atoms with E-state index in [1.54, 1.807) is 6.92 Å². The minimum atomic E-state index is -0.709. The predicted octanol–water partition coefficient (Wildman–Crippen LogP) is 4.15. The maximum atomic E-state index is 12.6. The number of carbonyl (C=O) groups is 2. The molecule has 0 spiro atoms. The van der Waals surface area contributed by atoms with Gasteiger partial charge in [0.15, 0.2) is 0 Å². The summed E-state index contributed by atoms with van der Waals surface area (Å²) in [7, 11) is 0. The molecule has 0 bridgehead atoms. The summed E-state index contributed by atoms with van der Waals surface area (Å²) in [6, 6.07) is 7.37. The van der Waals surface area contributed by atoms with Gasteiger partial charge in [-0.2, -0.15) is 0 Å². The third-order valence-corrected chi connectivity index (χ3v) is 4.53. The molecule has 1 aromatic rings. The Morgan fingerprint density at radius 1 is 1.32 bits per heavy atom. The molecule has 120 valence electrons. The summed E-state index contributed by atoms with van der Waals surface area (Å²) in [5, 5.41) is 2.85. The topological polar surface area (TPSA) is 55.4 Å². The molecule has 1 N–H and O–H groups in total. The molecule has 2 rings (SSSR count). The van der Waals surface area contributed by atoms with Crippen LogP contribution < -0.4 is 5.32 Å². The number of hydrogen-bond donors (Lipinski definition) is 1. The van der Waals surface area contributed by atoms with Crippen LogP contribution in [0.25, 0.3) is 0 Å². The number of ether oxygens (including phenoxy) is 1. The van der Waals surface area contributed by atoms with E-state index < -0.39 is 11.9 Å². The van der Waals surface area contributed by atoms with Crippen LogP contribution in [0.4, 0.5) is 5.69 Å². The van der Waals surface area contributed by atoms with E-state index in [1.165, 1.54) is 6.42 Å². The van der Waals surface area contributed by atoms with Crippen LogP contribution in [0.3, 0.4) is 0 Å². The highest BCUT2D eigenvalue weighted by Crippen LogP contribution is 2.32. The first kappa shape index (κ1) is 17.0. The molecule has 1 saturated carbocycles. The van der Waals surface area contributed by atoms with Gasteiger partial charge in [0.2, 0.25) is 5.91 Å². The second-order valence-corrected chi connectivity index (χ2v) is 6.54. The lowest BCUT2D eigenvalue weighted by Gasteiger charge is -2.27. The van der Waals surface area contributed by atoms with Gasteiger partial charge in [0.25, 0.3) is 0 Å². The lowest BCUT2D eigenvalue weighted by atomic mass is 9.79. The molecule has 0 saturated heterocycles. The van der Waals surface area contributed by atoms with Crippen molar-refractivity contribution in [3.63, 3.8) is 0 Å². The standard InChI is InChI=1S/C17H22BrNO3/c1-2-22-17(21)15(12-7-4-3-5-8-12)16(20)19-14-10-6-9-13(18)11-14/h6,9-12,15H,2-5,7-8H2,1H3,(H,19,20)/t15-/m1/s1. The van der Waals surface area contributed by atoms with E-state index in [2.05, 4.69) is 21.2 Å². The van der Waals surface area contributed by atoms with Gasteiger partial charge in [-0.05, 0) is 43.9 Å². The van der Waals surface area contributed by atoms with Crippen molar-refractivity contribution in [2.75, 3.05) is 11.9 Å². The average molecular weight is 368 g/mol. The average Bonchev–Trinajstić information content (AvgIpc) is 2.49. The number of amides is 1. The Kier molecular flexibility index (Phi) is 6.43. The fourth-order valence-electron chi connectivity index (χ4n) is 3.00. The Morgan fingerprint density at radius 2 is 2.05 bits per heavy atom. The molecule has 0 aliphatic heterocycles. The van der Waals surface area contributed by atoms with E-state index in [0.717, 1.165) is 30.2 Å². The Bertz CT molecular complexity index is 526. The van der Waals surface area contributed by atoms with Crippen LogP contribution in [0.2, 0.25) is 0 Å². The molecule has 22 heavy (non-hydrogen) atoms. The first-order valence-corrected chi connectivity index (χ1v) is 8.64. The normalized spacial score (nSPS) is 16.8. The zero-order chi connectivity index (χ0) is 15.9. The fraction of sp³-hybridized carbons (Fsp3) is 0.529. The lowest BCUT2D eigenvalue weighted by Crippen LogP contribution is -2.37. The van der Waals surface area contributed by atoms with E-state index in [4.69, 9.17) is 4.74 Å². The monoisotopic (exact) mass is 367 g/mol. The summed E-state index contributed by atoms with van der Waals surface area (Å²) < 4.78 is 6.02. The van der Waals surface area contributed by atoms with Crippen molar-refractivity contribution in [3.05, 3.63) is 28.7 Å². The van der Waals surface area contributed by atoms with E-state index in [9.17, 15) is 9.59 Å². The minimum Gasteiger partial charge on any atom is -0.465 e. The molecule has 1 fully saturated rings. The van der Waals surface area contributed by atoms with Crippen molar-refractivity contribution in [2.45, 2.75) is 39.0 Å². The van der Waals surface area contributed by atoms with Crippen LogP contribution in [0.1, 0.15) is 39.0 Å². The Labute approximate surface area is 139 Å². The zero-order valence-corrected chi connectivity index (χ0v) is 14.4. The first-order chi connectivity index (χ1) is 10.6. The molecule has 4 nitrogen and oxygen atoms in total. The van der Waals surface area contributed by atoms with Crippen molar-refractivity contribution in [3.8, 4) is 0 Å². The number of benzene rings is 1. The third-order valence-electron chi connectivity index (χ3n) is 4.04. The molecule has 0 radical (unpaired) electrons. The van der Waals surface area contributed by atoms with Crippen LogP contribution in [-0.2, 0) is 14.3 Å². The maximum absolute atomic E-state index is 12.6. The van der Waals surface area contributed by atoms with E-state index in [-0.39, 0.29) is 11.8 Å². The second kappa shape index (κ2) is 8.32. The highest BCUT2D eigenvalue weighted by molar-refractivity contribution is 9.10.